The van der Waals surface area contributed by atoms with Crippen LogP contribution in [0.1, 0.15) is 19.2 Å². The summed E-state index contributed by atoms with van der Waals surface area (Å²) in [6.07, 6.45) is 0.682. The number of rotatable bonds is 5. The molecule has 2 aromatic heterocycles. The molecule has 0 radical (unpaired) electrons. The van der Waals surface area contributed by atoms with Gasteiger partial charge in [0.2, 0.25) is 11.7 Å². The van der Waals surface area contributed by atoms with Crippen molar-refractivity contribution in [1.29, 1.82) is 0 Å². The molecule has 3 heterocycles. The van der Waals surface area contributed by atoms with Crippen LogP contribution in [0, 0.1) is 0 Å². The number of sulfone groups is 1. The van der Waals surface area contributed by atoms with Gasteiger partial charge in [-0.25, -0.2) is 8.42 Å². The minimum atomic E-state index is -2.88. The van der Waals surface area contributed by atoms with Crippen LogP contribution in [0.15, 0.2) is 21.3 Å². The Labute approximate surface area is 127 Å². The molecule has 0 spiro atoms. The van der Waals surface area contributed by atoms with E-state index in [1.54, 1.807) is 11.3 Å². The Morgan fingerprint density at radius 3 is 3.00 bits per heavy atom. The minimum absolute atomic E-state index is 0.0523. The summed E-state index contributed by atoms with van der Waals surface area (Å²) < 4.78 is 28.5. The first-order valence-corrected chi connectivity index (χ1v) is 9.63. The molecule has 0 amide bonds. The fourth-order valence-corrected chi connectivity index (χ4v) is 4.96. The summed E-state index contributed by atoms with van der Waals surface area (Å²) in [4.78, 5) is 6.48. The van der Waals surface area contributed by atoms with E-state index in [4.69, 9.17) is 4.52 Å². The molecule has 8 heteroatoms. The molecular formula is C13H17N3O3S2. The zero-order valence-corrected chi connectivity index (χ0v) is 13.4. The zero-order chi connectivity index (χ0) is 14.9. The Bertz CT molecular complexity index is 694. The highest BCUT2D eigenvalue weighted by molar-refractivity contribution is 7.91. The Morgan fingerprint density at radius 1 is 1.52 bits per heavy atom. The van der Waals surface area contributed by atoms with Gasteiger partial charge >= 0.3 is 0 Å². The largest absolute Gasteiger partial charge is 0.338 e. The van der Waals surface area contributed by atoms with Gasteiger partial charge in [-0.3, -0.25) is 4.90 Å². The molecule has 0 unspecified atom stereocenters. The molecule has 1 aliphatic rings. The topological polar surface area (TPSA) is 76.3 Å². The van der Waals surface area contributed by atoms with Crippen LogP contribution in [-0.2, 0) is 16.4 Å². The van der Waals surface area contributed by atoms with Crippen molar-refractivity contribution in [3.63, 3.8) is 0 Å². The highest BCUT2D eigenvalue weighted by Gasteiger charge is 2.32. The van der Waals surface area contributed by atoms with E-state index in [0.29, 0.717) is 24.7 Å². The van der Waals surface area contributed by atoms with Gasteiger partial charge in [-0.1, -0.05) is 12.1 Å². The maximum absolute atomic E-state index is 11.6. The summed E-state index contributed by atoms with van der Waals surface area (Å²) in [5.74, 6) is 1.62. The molecule has 114 valence electrons. The number of nitrogens with zero attached hydrogens (tertiary/aromatic N) is 3. The maximum Gasteiger partial charge on any atom is 0.241 e. The molecule has 2 aromatic rings. The Morgan fingerprint density at radius 2 is 2.38 bits per heavy atom. The summed E-state index contributed by atoms with van der Waals surface area (Å²) in [6.45, 7) is 3.27. The lowest BCUT2D eigenvalue weighted by Gasteiger charge is -2.24. The lowest BCUT2D eigenvalue weighted by atomic mass is 10.2. The van der Waals surface area contributed by atoms with Gasteiger partial charge in [0.05, 0.1) is 18.1 Å². The minimum Gasteiger partial charge on any atom is -0.338 e. The van der Waals surface area contributed by atoms with Gasteiger partial charge in [0.1, 0.15) is 0 Å². The SMILES string of the molecule is CCN(Cc1nc(-c2ccsc2)no1)[C@@H]1CCS(=O)(=O)C1. The molecule has 0 aromatic carbocycles. The average molecular weight is 327 g/mol. The molecule has 1 atom stereocenters. The van der Waals surface area contributed by atoms with Crippen LogP contribution < -0.4 is 0 Å². The van der Waals surface area contributed by atoms with Crippen LogP contribution in [0.2, 0.25) is 0 Å². The van der Waals surface area contributed by atoms with E-state index < -0.39 is 9.84 Å². The monoisotopic (exact) mass is 327 g/mol. The molecule has 1 saturated heterocycles. The van der Waals surface area contributed by atoms with Gasteiger partial charge in [0.25, 0.3) is 0 Å². The first-order valence-electron chi connectivity index (χ1n) is 6.87. The van der Waals surface area contributed by atoms with Crippen LogP contribution in [0.5, 0.6) is 0 Å². The van der Waals surface area contributed by atoms with Crippen molar-refractivity contribution in [3.8, 4) is 11.4 Å². The summed E-state index contributed by atoms with van der Waals surface area (Å²) in [6, 6.07) is 2.00. The van der Waals surface area contributed by atoms with Gasteiger partial charge in [0.15, 0.2) is 9.84 Å². The lowest BCUT2D eigenvalue weighted by molar-refractivity contribution is 0.186. The second kappa shape index (κ2) is 5.86. The smallest absolute Gasteiger partial charge is 0.241 e. The maximum atomic E-state index is 11.6. The van der Waals surface area contributed by atoms with Crippen molar-refractivity contribution >= 4 is 21.2 Å². The Balaban J connectivity index is 1.70. The number of hydrogen-bond donors (Lipinski definition) is 0. The van der Waals surface area contributed by atoms with Gasteiger partial charge in [-0.2, -0.15) is 16.3 Å². The lowest BCUT2D eigenvalue weighted by Crippen LogP contribution is -2.35. The molecule has 1 fully saturated rings. The van der Waals surface area contributed by atoms with Crippen molar-refractivity contribution in [2.24, 2.45) is 0 Å². The summed E-state index contributed by atoms with van der Waals surface area (Å²) >= 11 is 1.58. The summed E-state index contributed by atoms with van der Waals surface area (Å²) in [5, 5.41) is 7.91. The van der Waals surface area contributed by atoms with Crippen LogP contribution in [0.3, 0.4) is 0 Å². The Kier molecular flexibility index (Phi) is 4.10. The predicted molar refractivity (Wildman–Crippen MR) is 80.8 cm³/mol. The number of aromatic nitrogens is 2. The van der Waals surface area contributed by atoms with Crippen LogP contribution in [0.4, 0.5) is 0 Å². The third-order valence-corrected chi connectivity index (χ3v) is 6.15. The van der Waals surface area contributed by atoms with Crippen LogP contribution >= 0.6 is 11.3 Å². The average Bonchev–Trinajstić information content (AvgIpc) is 3.15. The number of hydrogen-bond acceptors (Lipinski definition) is 7. The van der Waals surface area contributed by atoms with Crippen LogP contribution in [-0.4, -0.2) is 47.6 Å². The van der Waals surface area contributed by atoms with E-state index >= 15 is 0 Å². The molecule has 0 bridgehead atoms. The molecule has 0 aliphatic carbocycles. The predicted octanol–water partition coefficient (Wildman–Crippen LogP) is 1.81. The molecule has 1 aliphatic heterocycles. The van der Waals surface area contributed by atoms with Crippen molar-refractivity contribution in [2.45, 2.75) is 25.9 Å². The van der Waals surface area contributed by atoms with Gasteiger partial charge < -0.3 is 4.52 Å². The van der Waals surface area contributed by atoms with Crippen molar-refractivity contribution in [2.75, 3.05) is 18.1 Å². The van der Waals surface area contributed by atoms with Crippen molar-refractivity contribution in [1.82, 2.24) is 15.0 Å². The molecule has 3 rings (SSSR count). The highest BCUT2D eigenvalue weighted by atomic mass is 32.2. The highest BCUT2D eigenvalue weighted by Crippen LogP contribution is 2.22. The van der Waals surface area contributed by atoms with Gasteiger partial charge in [-0.15, -0.1) is 0 Å². The van der Waals surface area contributed by atoms with E-state index in [1.807, 2.05) is 23.8 Å². The van der Waals surface area contributed by atoms with E-state index in [0.717, 1.165) is 12.1 Å². The second-order valence-electron chi connectivity index (χ2n) is 5.14. The molecule has 0 N–H and O–H groups in total. The van der Waals surface area contributed by atoms with Gasteiger partial charge in [0, 0.05) is 17.0 Å². The quantitative estimate of drug-likeness (QED) is 0.833. The molecule has 0 saturated carbocycles. The second-order valence-corrected chi connectivity index (χ2v) is 8.15. The summed E-state index contributed by atoms with van der Waals surface area (Å²) in [5.41, 5.74) is 0.946. The van der Waals surface area contributed by atoms with Crippen molar-refractivity contribution in [3.05, 3.63) is 22.7 Å². The fourth-order valence-electron chi connectivity index (χ4n) is 2.56. The standard InChI is InChI=1S/C13H17N3O3S2/c1-2-16(11-4-6-21(17,18)9-11)7-12-14-13(15-19-12)10-3-5-20-8-10/h3,5,8,11H,2,4,6-7,9H2,1H3/t11-/m1/s1. The number of thiophene rings is 1. The Hall–Kier alpha value is -1.25. The first kappa shape index (κ1) is 14.7. The first-order chi connectivity index (χ1) is 10.1. The van der Waals surface area contributed by atoms with E-state index in [9.17, 15) is 8.42 Å². The van der Waals surface area contributed by atoms with E-state index in [1.165, 1.54) is 0 Å². The van der Waals surface area contributed by atoms with Crippen molar-refractivity contribution < 1.29 is 12.9 Å². The summed E-state index contributed by atoms with van der Waals surface area (Å²) in [7, 11) is -2.88. The zero-order valence-electron chi connectivity index (χ0n) is 11.7. The van der Waals surface area contributed by atoms with E-state index in [2.05, 4.69) is 15.0 Å². The third kappa shape index (κ3) is 3.33. The van der Waals surface area contributed by atoms with Gasteiger partial charge in [-0.05, 0) is 24.4 Å². The molecule has 21 heavy (non-hydrogen) atoms. The molecule has 6 nitrogen and oxygen atoms in total. The third-order valence-electron chi connectivity index (χ3n) is 3.72. The fraction of sp³-hybridized carbons (Fsp3) is 0.538. The van der Waals surface area contributed by atoms with Crippen LogP contribution in [0.25, 0.3) is 11.4 Å². The van der Waals surface area contributed by atoms with E-state index in [-0.39, 0.29) is 17.5 Å². The normalized spacial score (nSPS) is 21.1. The molecular weight excluding hydrogens is 310 g/mol.